The molecule has 2 atom stereocenters. The Balaban J connectivity index is 1.52. The van der Waals surface area contributed by atoms with Crippen LogP contribution in [0.15, 0.2) is 18.5 Å². The van der Waals surface area contributed by atoms with E-state index >= 15 is 0 Å². The minimum atomic E-state index is -1.15. The monoisotopic (exact) mass is 456 g/mol. The van der Waals surface area contributed by atoms with E-state index in [9.17, 15) is 14.4 Å². The van der Waals surface area contributed by atoms with Crippen LogP contribution in [0.3, 0.4) is 0 Å². The molecule has 0 bridgehead atoms. The zero-order chi connectivity index (χ0) is 23.4. The Morgan fingerprint density at radius 1 is 1.30 bits per heavy atom. The zero-order valence-electron chi connectivity index (χ0n) is 18.1. The molecule has 12 heteroatoms. The van der Waals surface area contributed by atoms with Gasteiger partial charge < -0.3 is 30.7 Å². The number of pyridine rings is 1. The number of carboxylic acid groups (broad SMARTS) is 1. The van der Waals surface area contributed by atoms with Crippen LogP contribution in [0.25, 0.3) is 0 Å². The predicted octanol–water partition coefficient (Wildman–Crippen LogP) is 2.31. The number of amides is 1. The summed E-state index contributed by atoms with van der Waals surface area (Å²) in [5, 5.41) is 26.9. The number of morpholine rings is 1. The summed E-state index contributed by atoms with van der Waals surface area (Å²) in [6, 6.07) is 2.25. The molecule has 1 aliphatic carbocycles. The quantitative estimate of drug-likeness (QED) is 0.466. The van der Waals surface area contributed by atoms with Gasteiger partial charge >= 0.3 is 6.09 Å². The SMILES string of the molecule is C[C@H](NC(=O)O)[C@@H](Nc1nc(Nc2cnc(N3CCOCC3)nc2)c(C#N)cc1F)C1CC1. The molecule has 2 fully saturated rings. The fourth-order valence-corrected chi connectivity index (χ4v) is 3.77. The smallest absolute Gasteiger partial charge is 0.404 e. The number of nitrogens with one attached hydrogen (secondary N) is 3. The summed E-state index contributed by atoms with van der Waals surface area (Å²) >= 11 is 0. The van der Waals surface area contributed by atoms with Crippen molar-refractivity contribution in [2.24, 2.45) is 5.92 Å². The van der Waals surface area contributed by atoms with E-state index < -0.39 is 18.0 Å². The zero-order valence-corrected chi connectivity index (χ0v) is 18.1. The van der Waals surface area contributed by atoms with E-state index in [1.165, 1.54) is 0 Å². The van der Waals surface area contributed by atoms with Crippen molar-refractivity contribution < 1.29 is 19.0 Å². The van der Waals surface area contributed by atoms with Gasteiger partial charge in [-0.2, -0.15) is 5.26 Å². The fraction of sp³-hybridized carbons (Fsp3) is 0.476. The number of ether oxygens (including phenoxy) is 1. The summed E-state index contributed by atoms with van der Waals surface area (Å²) in [5.74, 6) is 0.187. The van der Waals surface area contributed by atoms with Crippen molar-refractivity contribution in [1.29, 1.82) is 5.26 Å². The molecule has 1 amide bonds. The first kappa shape index (κ1) is 22.5. The maximum atomic E-state index is 14.7. The van der Waals surface area contributed by atoms with E-state index in [0.717, 1.165) is 18.9 Å². The highest BCUT2D eigenvalue weighted by atomic mass is 19.1. The van der Waals surface area contributed by atoms with Crippen molar-refractivity contribution in [3.63, 3.8) is 0 Å². The molecule has 33 heavy (non-hydrogen) atoms. The van der Waals surface area contributed by atoms with Gasteiger partial charge in [0.05, 0.1) is 42.9 Å². The standard InChI is InChI=1S/C21H25FN8O3/c1-12(26-21(31)32)17(13-2-3-13)28-19-16(22)8-14(9-23)18(29-19)27-15-10-24-20(25-11-15)30-4-6-33-7-5-30/h8,10-13,17,26H,2-7H2,1H3,(H,31,32)(H2,27,28,29)/t12-,17+/m0/s1. The fourth-order valence-electron chi connectivity index (χ4n) is 3.77. The number of hydrogen-bond donors (Lipinski definition) is 4. The number of anilines is 4. The summed E-state index contributed by atoms with van der Waals surface area (Å²) in [6.07, 6.45) is 3.83. The summed E-state index contributed by atoms with van der Waals surface area (Å²) in [4.78, 5) is 26.1. The number of aromatic nitrogens is 3. The highest BCUT2D eigenvalue weighted by Gasteiger charge is 2.36. The lowest BCUT2D eigenvalue weighted by Gasteiger charge is -2.26. The molecule has 3 heterocycles. The van der Waals surface area contributed by atoms with Gasteiger partial charge in [-0.3, -0.25) is 0 Å². The van der Waals surface area contributed by atoms with Crippen molar-refractivity contribution >= 4 is 29.4 Å². The van der Waals surface area contributed by atoms with Gasteiger partial charge in [-0.15, -0.1) is 0 Å². The molecule has 4 N–H and O–H groups in total. The third-order valence-corrected chi connectivity index (χ3v) is 5.61. The van der Waals surface area contributed by atoms with Crippen LogP contribution in [0.2, 0.25) is 0 Å². The maximum absolute atomic E-state index is 14.7. The largest absolute Gasteiger partial charge is 0.465 e. The second-order valence-electron chi connectivity index (χ2n) is 8.07. The van der Waals surface area contributed by atoms with Crippen molar-refractivity contribution in [1.82, 2.24) is 20.3 Å². The van der Waals surface area contributed by atoms with Gasteiger partial charge in [0.15, 0.2) is 17.5 Å². The first-order chi connectivity index (χ1) is 15.9. The Morgan fingerprint density at radius 2 is 2.00 bits per heavy atom. The lowest BCUT2D eigenvalue weighted by Crippen LogP contribution is -2.45. The Bertz CT molecular complexity index is 1040. The molecule has 2 aromatic heterocycles. The highest BCUT2D eigenvalue weighted by Crippen LogP contribution is 2.36. The Kier molecular flexibility index (Phi) is 6.69. The van der Waals surface area contributed by atoms with Gasteiger partial charge in [-0.05, 0) is 31.7 Å². The van der Waals surface area contributed by atoms with Crippen molar-refractivity contribution in [2.45, 2.75) is 31.8 Å². The van der Waals surface area contributed by atoms with Crippen LogP contribution in [0, 0.1) is 23.1 Å². The topological polar surface area (TPSA) is 148 Å². The molecule has 2 aliphatic rings. The van der Waals surface area contributed by atoms with Crippen molar-refractivity contribution in [2.75, 3.05) is 41.8 Å². The van der Waals surface area contributed by atoms with Crippen LogP contribution in [-0.4, -0.2) is 64.5 Å². The van der Waals surface area contributed by atoms with Crippen LogP contribution in [0.5, 0.6) is 0 Å². The molecule has 4 rings (SSSR count). The molecule has 0 radical (unpaired) electrons. The molecule has 2 aromatic rings. The first-order valence-electron chi connectivity index (χ1n) is 10.7. The van der Waals surface area contributed by atoms with Crippen LogP contribution >= 0.6 is 0 Å². The summed E-state index contributed by atoms with van der Waals surface area (Å²) in [7, 11) is 0. The average Bonchev–Trinajstić information content (AvgIpc) is 3.65. The van der Waals surface area contributed by atoms with E-state index in [1.807, 2.05) is 11.0 Å². The van der Waals surface area contributed by atoms with Crippen LogP contribution < -0.4 is 20.9 Å². The number of carbonyl (C=O) groups is 1. The van der Waals surface area contributed by atoms with Crippen LogP contribution in [0.1, 0.15) is 25.3 Å². The van der Waals surface area contributed by atoms with Gasteiger partial charge in [0.2, 0.25) is 5.95 Å². The average molecular weight is 456 g/mol. The summed E-state index contributed by atoms with van der Waals surface area (Å²) in [5.41, 5.74) is 0.517. The normalized spacial score (nSPS) is 17.5. The lowest BCUT2D eigenvalue weighted by atomic mass is 10.0. The second-order valence-corrected chi connectivity index (χ2v) is 8.07. The maximum Gasteiger partial charge on any atom is 0.404 e. The van der Waals surface area contributed by atoms with Gasteiger partial charge in [-0.1, -0.05) is 0 Å². The number of nitrogens with zero attached hydrogens (tertiary/aromatic N) is 5. The van der Waals surface area contributed by atoms with Gasteiger partial charge in [0.1, 0.15) is 6.07 Å². The molecule has 1 saturated heterocycles. The molecule has 1 aliphatic heterocycles. The van der Waals surface area contributed by atoms with E-state index in [4.69, 9.17) is 9.84 Å². The van der Waals surface area contributed by atoms with Gasteiger partial charge in [0, 0.05) is 19.1 Å². The van der Waals surface area contributed by atoms with Gasteiger partial charge in [-0.25, -0.2) is 24.1 Å². The molecule has 174 valence electrons. The van der Waals surface area contributed by atoms with E-state index in [2.05, 4.69) is 30.9 Å². The third kappa shape index (κ3) is 5.56. The summed E-state index contributed by atoms with van der Waals surface area (Å²) in [6.45, 7) is 4.37. The Morgan fingerprint density at radius 3 is 2.61 bits per heavy atom. The minimum Gasteiger partial charge on any atom is -0.465 e. The number of halogens is 1. The Hall–Kier alpha value is -3.72. The molecule has 0 unspecified atom stereocenters. The highest BCUT2D eigenvalue weighted by molar-refractivity contribution is 5.66. The number of nitriles is 1. The Labute approximate surface area is 190 Å². The molecule has 11 nitrogen and oxygen atoms in total. The van der Waals surface area contributed by atoms with E-state index in [1.54, 1.807) is 19.3 Å². The van der Waals surface area contributed by atoms with Gasteiger partial charge in [0.25, 0.3) is 0 Å². The van der Waals surface area contributed by atoms with E-state index in [0.29, 0.717) is 37.9 Å². The second kappa shape index (κ2) is 9.83. The first-order valence-corrected chi connectivity index (χ1v) is 10.7. The molecule has 0 spiro atoms. The van der Waals surface area contributed by atoms with E-state index in [-0.39, 0.29) is 29.2 Å². The predicted molar refractivity (Wildman–Crippen MR) is 118 cm³/mol. The van der Waals surface area contributed by atoms with Crippen molar-refractivity contribution in [3.05, 3.63) is 29.8 Å². The molecule has 1 saturated carbocycles. The molecular formula is C21H25FN8O3. The van der Waals surface area contributed by atoms with Crippen LogP contribution in [0.4, 0.5) is 32.5 Å². The lowest BCUT2D eigenvalue weighted by molar-refractivity contribution is 0.122. The molecule has 0 aromatic carbocycles. The number of hydrogen-bond acceptors (Lipinski definition) is 9. The third-order valence-electron chi connectivity index (χ3n) is 5.61. The molecular weight excluding hydrogens is 431 g/mol. The minimum absolute atomic E-state index is 0.0231. The van der Waals surface area contributed by atoms with Crippen molar-refractivity contribution in [3.8, 4) is 6.07 Å². The number of rotatable bonds is 8. The summed E-state index contributed by atoms with van der Waals surface area (Å²) < 4.78 is 20.0. The van der Waals surface area contributed by atoms with Crippen LogP contribution in [-0.2, 0) is 4.74 Å².